The van der Waals surface area contributed by atoms with Crippen LogP contribution in [0.25, 0.3) is 11.3 Å². The van der Waals surface area contributed by atoms with Gasteiger partial charge in [-0.2, -0.15) is 0 Å². The molecule has 0 N–H and O–H groups in total. The Balaban J connectivity index is 1.46. The molecular weight excluding hydrogens is 456 g/mol. The minimum absolute atomic E-state index is 0.0391. The van der Waals surface area contributed by atoms with Crippen LogP contribution in [0.5, 0.6) is 5.75 Å². The lowest BCUT2D eigenvalue weighted by atomic mass is 10.2. The fourth-order valence-corrected chi connectivity index (χ4v) is 4.44. The van der Waals surface area contributed by atoms with E-state index in [1.54, 1.807) is 30.5 Å². The Morgan fingerprint density at radius 2 is 1.74 bits per heavy atom. The molecule has 174 valence electrons. The molecule has 0 saturated carbocycles. The van der Waals surface area contributed by atoms with Crippen LogP contribution in [0.15, 0.2) is 94.4 Å². The summed E-state index contributed by atoms with van der Waals surface area (Å²) in [4.78, 5) is 16.7. The highest BCUT2D eigenvalue weighted by Gasteiger charge is 2.23. The molecule has 4 rings (SSSR count). The highest BCUT2D eigenvalue weighted by atomic mass is 32.2. The summed E-state index contributed by atoms with van der Waals surface area (Å²) in [6, 6.07) is 21.7. The molecule has 0 spiro atoms. The second-order valence-corrected chi connectivity index (χ2v) is 9.23. The Bertz CT molecular complexity index is 1380. The van der Waals surface area contributed by atoms with Crippen molar-refractivity contribution in [3.05, 3.63) is 96.5 Å². The third-order valence-electron chi connectivity index (χ3n) is 5.10. The number of hydrogen-bond acceptors (Lipinski definition) is 7. The first kappa shape index (κ1) is 23.1. The van der Waals surface area contributed by atoms with E-state index < -0.39 is 16.0 Å². The van der Waals surface area contributed by atoms with E-state index in [2.05, 4.69) is 4.98 Å². The number of sulfonamides is 1. The predicted molar refractivity (Wildman–Crippen MR) is 126 cm³/mol. The molecule has 9 heteroatoms. The SMILES string of the molecule is COc1ccc(N(C)S(=O)(=O)c2cccc(C(=O)OCc3ncc(-c4ccccc4)o3)c2)cc1. The number of carbonyl (C=O) groups is 1. The summed E-state index contributed by atoms with van der Waals surface area (Å²) in [7, 11) is -0.937. The van der Waals surface area contributed by atoms with Crippen LogP contribution in [0.1, 0.15) is 16.2 Å². The second-order valence-electron chi connectivity index (χ2n) is 7.26. The van der Waals surface area contributed by atoms with Gasteiger partial charge >= 0.3 is 5.97 Å². The Kier molecular flexibility index (Phi) is 6.65. The lowest BCUT2D eigenvalue weighted by Crippen LogP contribution is -2.26. The number of rotatable bonds is 8. The summed E-state index contributed by atoms with van der Waals surface area (Å²) < 4.78 is 43.4. The highest BCUT2D eigenvalue weighted by Crippen LogP contribution is 2.25. The van der Waals surface area contributed by atoms with Crippen LogP contribution >= 0.6 is 0 Å². The van der Waals surface area contributed by atoms with Crippen LogP contribution in [-0.4, -0.2) is 33.5 Å². The average molecular weight is 479 g/mol. The lowest BCUT2D eigenvalue weighted by molar-refractivity contribution is 0.0438. The van der Waals surface area contributed by atoms with Crippen LogP contribution in [0, 0.1) is 0 Å². The van der Waals surface area contributed by atoms with Gasteiger partial charge in [0.05, 0.1) is 29.5 Å². The van der Waals surface area contributed by atoms with Crippen molar-refractivity contribution in [2.24, 2.45) is 0 Å². The molecule has 0 aliphatic carbocycles. The van der Waals surface area contributed by atoms with Crippen LogP contribution in [-0.2, 0) is 21.4 Å². The van der Waals surface area contributed by atoms with E-state index in [0.29, 0.717) is 17.2 Å². The van der Waals surface area contributed by atoms with Crippen molar-refractivity contribution in [3.63, 3.8) is 0 Å². The summed E-state index contributed by atoms with van der Waals surface area (Å²) in [5, 5.41) is 0. The minimum atomic E-state index is -3.91. The Morgan fingerprint density at radius 1 is 1.00 bits per heavy atom. The predicted octanol–water partition coefficient (Wildman–Crippen LogP) is 4.53. The number of benzene rings is 3. The molecule has 34 heavy (non-hydrogen) atoms. The third kappa shape index (κ3) is 4.94. The molecule has 4 aromatic rings. The number of esters is 1. The van der Waals surface area contributed by atoms with Gasteiger partial charge in [0.15, 0.2) is 12.4 Å². The Labute approximate surface area is 197 Å². The average Bonchev–Trinajstić information content (AvgIpc) is 3.36. The summed E-state index contributed by atoms with van der Waals surface area (Å²) in [6.45, 7) is -0.186. The van der Waals surface area contributed by atoms with E-state index in [9.17, 15) is 13.2 Å². The van der Waals surface area contributed by atoms with Gasteiger partial charge in [-0.1, -0.05) is 36.4 Å². The van der Waals surface area contributed by atoms with Gasteiger partial charge in [-0.25, -0.2) is 18.2 Å². The van der Waals surface area contributed by atoms with E-state index in [1.807, 2.05) is 30.3 Å². The van der Waals surface area contributed by atoms with Crippen molar-refractivity contribution in [3.8, 4) is 17.1 Å². The van der Waals surface area contributed by atoms with Crippen molar-refractivity contribution >= 4 is 21.7 Å². The van der Waals surface area contributed by atoms with E-state index >= 15 is 0 Å². The van der Waals surface area contributed by atoms with Crippen LogP contribution in [0.2, 0.25) is 0 Å². The molecule has 0 amide bonds. The van der Waals surface area contributed by atoms with Gasteiger partial charge in [-0.3, -0.25) is 4.31 Å². The van der Waals surface area contributed by atoms with Gasteiger partial charge in [0, 0.05) is 12.6 Å². The molecular formula is C25H22N2O6S. The maximum absolute atomic E-state index is 13.1. The first-order valence-corrected chi connectivity index (χ1v) is 11.7. The standard InChI is InChI=1S/C25H22N2O6S/c1-27(20-11-13-21(31-2)14-12-20)34(29,30)22-10-6-9-19(15-22)25(28)32-17-24-26-16-23(33-24)18-7-4-3-5-8-18/h3-16H,17H2,1-2H3. The molecule has 1 heterocycles. The van der Waals surface area contributed by atoms with Gasteiger partial charge in [-0.05, 0) is 42.5 Å². The molecule has 0 aliphatic heterocycles. The first-order chi connectivity index (χ1) is 16.4. The number of aromatic nitrogens is 1. The number of methoxy groups -OCH3 is 1. The fraction of sp³-hybridized carbons (Fsp3) is 0.120. The van der Waals surface area contributed by atoms with E-state index in [-0.39, 0.29) is 23.0 Å². The van der Waals surface area contributed by atoms with E-state index in [1.165, 1.54) is 38.4 Å². The van der Waals surface area contributed by atoms with Gasteiger partial charge in [0.2, 0.25) is 5.89 Å². The number of anilines is 1. The van der Waals surface area contributed by atoms with Crippen molar-refractivity contribution in [2.45, 2.75) is 11.5 Å². The summed E-state index contributed by atoms with van der Waals surface area (Å²) in [5.41, 5.74) is 1.40. The fourth-order valence-electron chi connectivity index (χ4n) is 3.20. The largest absolute Gasteiger partial charge is 0.497 e. The van der Waals surface area contributed by atoms with Crippen molar-refractivity contribution in [2.75, 3.05) is 18.5 Å². The van der Waals surface area contributed by atoms with Gasteiger partial charge in [0.25, 0.3) is 10.0 Å². The molecule has 0 unspecified atom stereocenters. The summed E-state index contributed by atoms with van der Waals surface area (Å²) in [5.74, 6) is 0.710. The Hall–Kier alpha value is -4.11. The summed E-state index contributed by atoms with van der Waals surface area (Å²) >= 11 is 0. The number of carbonyl (C=O) groups excluding carboxylic acids is 1. The molecule has 8 nitrogen and oxygen atoms in total. The lowest BCUT2D eigenvalue weighted by Gasteiger charge is -2.20. The maximum atomic E-state index is 13.1. The molecule has 0 bridgehead atoms. The van der Waals surface area contributed by atoms with Crippen molar-refractivity contribution in [1.82, 2.24) is 4.98 Å². The highest BCUT2D eigenvalue weighted by molar-refractivity contribution is 7.92. The molecule has 1 aromatic heterocycles. The molecule has 0 aliphatic rings. The number of oxazole rings is 1. The van der Waals surface area contributed by atoms with E-state index in [4.69, 9.17) is 13.9 Å². The maximum Gasteiger partial charge on any atom is 0.338 e. The van der Waals surface area contributed by atoms with Gasteiger partial charge in [-0.15, -0.1) is 0 Å². The van der Waals surface area contributed by atoms with Crippen molar-refractivity contribution < 1.29 is 27.1 Å². The molecule has 3 aromatic carbocycles. The molecule has 0 atom stereocenters. The third-order valence-corrected chi connectivity index (χ3v) is 6.88. The monoisotopic (exact) mass is 478 g/mol. The topological polar surface area (TPSA) is 98.9 Å². The smallest absolute Gasteiger partial charge is 0.338 e. The van der Waals surface area contributed by atoms with Crippen LogP contribution < -0.4 is 9.04 Å². The first-order valence-electron chi connectivity index (χ1n) is 10.3. The zero-order valence-electron chi connectivity index (χ0n) is 18.5. The summed E-state index contributed by atoms with van der Waals surface area (Å²) in [6.07, 6.45) is 1.56. The zero-order chi connectivity index (χ0) is 24.1. The van der Waals surface area contributed by atoms with Crippen LogP contribution in [0.4, 0.5) is 5.69 Å². The molecule has 0 radical (unpaired) electrons. The quantitative estimate of drug-likeness (QED) is 0.343. The van der Waals surface area contributed by atoms with Gasteiger partial charge in [0.1, 0.15) is 5.75 Å². The minimum Gasteiger partial charge on any atom is -0.497 e. The normalized spacial score (nSPS) is 11.1. The van der Waals surface area contributed by atoms with Crippen molar-refractivity contribution in [1.29, 1.82) is 0 Å². The zero-order valence-corrected chi connectivity index (χ0v) is 19.4. The molecule has 0 fully saturated rings. The molecule has 0 saturated heterocycles. The van der Waals surface area contributed by atoms with E-state index in [0.717, 1.165) is 9.87 Å². The Morgan fingerprint density at radius 3 is 2.44 bits per heavy atom. The van der Waals surface area contributed by atoms with Gasteiger partial charge < -0.3 is 13.9 Å². The number of hydrogen-bond donors (Lipinski definition) is 0. The number of nitrogens with zero attached hydrogens (tertiary/aromatic N) is 2. The van der Waals surface area contributed by atoms with Crippen LogP contribution in [0.3, 0.4) is 0 Å². The number of ether oxygens (including phenoxy) is 2. The second kappa shape index (κ2) is 9.80.